The molecule has 0 N–H and O–H groups in total. The van der Waals surface area contributed by atoms with Gasteiger partial charge in [-0.25, -0.2) is 12.8 Å². The van der Waals surface area contributed by atoms with Crippen LogP contribution in [0.25, 0.3) is 5.53 Å². The quantitative estimate of drug-likeness (QED) is 0.262. The van der Waals surface area contributed by atoms with Crippen LogP contribution in [0.5, 0.6) is 0 Å². The molecule has 0 aromatic heterocycles. The predicted octanol–water partition coefficient (Wildman–Crippen LogP) is 0.921. The molecule has 1 aliphatic rings. The predicted molar refractivity (Wildman–Crippen MR) is 79.1 cm³/mol. The van der Waals surface area contributed by atoms with Crippen LogP contribution in [-0.4, -0.2) is 36.8 Å². The highest BCUT2D eigenvalue weighted by molar-refractivity contribution is 8.08. The number of hydrogen-bond donors (Lipinski definition) is 0. The fourth-order valence-corrected chi connectivity index (χ4v) is 4.57. The molecule has 1 atom stereocenters. The zero-order chi connectivity index (χ0) is 16.3. The first-order valence-electron chi connectivity index (χ1n) is 5.91. The summed E-state index contributed by atoms with van der Waals surface area (Å²) in [5.41, 5.74) is 9.11. The molecule has 1 aromatic rings. The van der Waals surface area contributed by atoms with Crippen molar-refractivity contribution in [1.29, 1.82) is 0 Å². The molecule has 9 heteroatoms. The standard InChI is InChI=1S/C13H9FN2O4S2/c14-10-7-4-8-11(12(10)21(17)18)22(19,20)13(16-15)9-5-2-1-3-6-9/h1-8,11H. The van der Waals surface area contributed by atoms with E-state index in [1.165, 1.54) is 24.3 Å². The lowest BCUT2D eigenvalue weighted by Gasteiger charge is -2.13. The van der Waals surface area contributed by atoms with E-state index in [4.69, 9.17) is 5.53 Å². The van der Waals surface area contributed by atoms with Crippen LogP contribution in [0.15, 0.2) is 54.4 Å². The zero-order valence-electron chi connectivity index (χ0n) is 10.9. The van der Waals surface area contributed by atoms with E-state index in [1.807, 2.05) is 0 Å². The molecule has 0 aliphatic heterocycles. The molecule has 0 radical (unpaired) electrons. The maximum Gasteiger partial charge on any atom is 0.413 e. The Balaban J connectivity index is 2.65. The van der Waals surface area contributed by atoms with Gasteiger partial charge in [0.15, 0.2) is 0 Å². The summed E-state index contributed by atoms with van der Waals surface area (Å²) < 4.78 is 61.1. The number of benzene rings is 1. The maximum absolute atomic E-state index is 13.7. The molecule has 2 rings (SSSR count). The van der Waals surface area contributed by atoms with Gasteiger partial charge in [-0.2, -0.15) is 13.2 Å². The third-order valence-electron chi connectivity index (χ3n) is 2.92. The van der Waals surface area contributed by atoms with E-state index >= 15 is 0 Å². The largest absolute Gasteiger partial charge is 0.413 e. The summed E-state index contributed by atoms with van der Waals surface area (Å²) in [5, 5.41) is -2.53. The van der Waals surface area contributed by atoms with Gasteiger partial charge in [0.25, 0.3) is 9.84 Å². The van der Waals surface area contributed by atoms with Crippen molar-refractivity contribution in [3.05, 3.63) is 65.5 Å². The van der Waals surface area contributed by atoms with E-state index in [1.54, 1.807) is 6.07 Å². The third kappa shape index (κ3) is 2.82. The lowest BCUT2D eigenvalue weighted by Crippen LogP contribution is -2.36. The number of nitrogens with zero attached hydrogens (tertiary/aromatic N) is 2. The van der Waals surface area contributed by atoms with Gasteiger partial charge in [-0.05, 0) is 18.2 Å². The van der Waals surface area contributed by atoms with E-state index < -0.39 is 41.1 Å². The van der Waals surface area contributed by atoms with Crippen molar-refractivity contribution >= 4 is 30.0 Å². The second kappa shape index (κ2) is 6.18. The monoisotopic (exact) mass is 340 g/mol. The van der Waals surface area contributed by atoms with E-state index in [-0.39, 0.29) is 5.56 Å². The summed E-state index contributed by atoms with van der Waals surface area (Å²) in [6.45, 7) is 0. The van der Waals surface area contributed by atoms with E-state index in [0.717, 1.165) is 18.2 Å². The van der Waals surface area contributed by atoms with Crippen molar-refractivity contribution in [2.75, 3.05) is 0 Å². The molecule has 1 aliphatic carbocycles. The summed E-state index contributed by atoms with van der Waals surface area (Å²) in [7, 11) is -7.53. The minimum absolute atomic E-state index is 0.0596. The summed E-state index contributed by atoms with van der Waals surface area (Å²) in [6.07, 6.45) is 2.95. The fraction of sp³-hybridized carbons (Fsp3) is 0.0769. The second-order valence-electron chi connectivity index (χ2n) is 4.24. The molecule has 22 heavy (non-hydrogen) atoms. The molecular formula is C13H9FN2O4S2. The number of rotatable bonds is 2. The molecule has 1 aromatic carbocycles. The smallest absolute Gasteiger partial charge is 0.360 e. The molecule has 114 valence electrons. The van der Waals surface area contributed by atoms with Crippen molar-refractivity contribution in [1.82, 2.24) is 0 Å². The van der Waals surface area contributed by atoms with Gasteiger partial charge in [0.05, 0.1) is 5.56 Å². The Bertz CT molecular complexity index is 947. The Morgan fingerprint density at radius 3 is 2.41 bits per heavy atom. The van der Waals surface area contributed by atoms with Crippen LogP contribution in [0.4, 0.5) is 4.39 Å². The lowest BCUT2D eigenvalue weighted by molar-refractivity contribution is 0.000599. The van der Waals surface area contributed by atoms with Crippen LogP contribution in [-0.2, 0) is 20.1 Å². The first-order chi connectivity index (χ1) is 10.4. The minimum atomic E-state index is -4.45. The van der Waals surface area contributed by atoms with Crippen LogP contribution >= 0.6 is 0 Å². The first-order valence-corrected chi connectivity index (χ1v) is 8.53. The Kier molecular flexibility index (Phi) is 4.51. The summed E-state index contributed by atoms with van der Waals surface area (Å²) in [4.78, 5) is 1.85. The van der Waals surface area contributed by atoms with Crippen molar-refractivity contribution in [2.45, 2.75) is 5.25 Å². The zero-order valence-corrected chi connectivity index (χ0v) is 12.6. The van der Waals surface area contributed by atoms with Crippen LogP contribution in [0.2, 0.25) is 0 Å². The van der Waals surface area contributed by atoms with Gasteiger partial charge in [0.2, 0.25) is 10.3 Å². The van der Waals surface area contributed by atoms with Crippen molar-refractivity contribution in [3.63, 3.8) is 0 Å². The average molecular weight is 340 g/mol. The summed E-state index contributed by atoms with van der Waals surface area (Å²) in [5.74, 6) is -1.17. The van der Waals surface area contributed by atoms with Gasteiger partial charge in [-0.3, -0.25) is 0 Å². The number of hydrogen-bond acceptors (Lipinski definition) is 4. The van der Waals surface area contributed by atoms with Gasteiger partial charge in [-0.15, -0.1) is 0 Å². The summed E-state index contributed by atoms with van der Waals surface area (Å²) >= 11 is 0. The normalized spacial score (nSPS) is 17.6. The van der Waals surface area contributed by atoms with Gasteiger partial charge in [0, 0.05) is 0 Å². The molecule has 0 saturated heterocycles. The van der Waals surface area contributed by atoms with Crippen molar-refractivity contribution in [2.24, 2.45) is 0 Å². The molecule has 0 bridgehead atoms. The molecule has 0 amide bonds. The highest BCUT2D eigenvalue weighted by Gasteiger charge is 2.42. The summed E-state index contributed by atoms with van der Waals surface area (Å²) in [6, 6.07) is 7.41. The van der Waals surface area contributed by atoms with Gasteiger partial charge in [0.1, 0.15) is 15.9 Å². The molecule has 6 nitrogen and oxygen atoms in total. The van der Waals surface area contributed by atoms with Crippen molar-refractivity contribution in [3.8, 4) is 0 Å². The van der Waals surface area contributed by atoms with Gasteiger partial charge in [-0.1, -0.05) is 30.4 Å². The third-order valence-corrected chi connectivity index (χ3v) is 5.79. The van der Waals surface area contributed by atoms with Crippen LogP contribution in [0.1, 0.15) is 5.56 Å². The van der Waals surface area contributed by atoms with Crippen LogP contribution in [0.3, 0.4) is 0 Å². The Morgan fingerprint density at radius 1 is 1.23 bits per heavy atom. The van der Waals surface area contributed by atoms with Gasteiger partial charge < -0.3 is 5.53 Å². The molecule has 0 fully saturated rings. The van der Waals surface area contributed by atoms with Crippen LogP contribution < -0.4 is 0 Å². The van der Waals surface area contributed by atoms with Crippen molar-refractivity contribution < 1.29 is 26.0 Å². The highest BCUT2D eigenvalue weighted by Crippen LogP contribution is 2.20. The SMILES string of the molecule is [N-]=[N+]=C(c1ccccc1)S(=O)(=O)C1C=CC=C(F)C1=S(=O)=O. The maximum atomic E-state index is 13.7. The molecule has 0 heterocycles. The average Bonchev–Trinajstić information content (AvgIpc) is 2.48. The lowest BCUT2D eigenvalue weighted by atomic mass is 10.2. The van der Waals surface area contributed by atoms with E-state index in [2.05, 4.69) is 4.79 Å². The highest BCUT2D eigenvalue weighted by atomic mass is 32.2. The van der Waals surface area contributed by atoms with Crippen LogP contribution in [0, 0.1) is 0 Å². The topological polar surface area (TPSA) is 105 Å². The Labute approximate surface area is 127 Å². The van der Waals surface area contributed by atoms with E-state index in [9.17, 15) is 21.2 Å². The first kappa shape index (κ1) is 16.0. The molecule has 1 unspecified atom stereocenters. The molecular weight excluding hydrogens is 331 g/mol. The Morgan fingerprint density at radius 2 is 1.86 bits per heavy atom. The second-order valence-corrected chi connectivity index (χ2v) is 7.13. The number of allylic oxidation sites excluding steroid dienone is 3. The molecule has 0 spiro atoms. The number of sulfone groups is 1. The van der Waals surface area contributed by atoms with Gasteiger partial charge >= 0.3 is 5.04 Å². The van der Waals surface area contributed by atoms with E-state index in [0.29, 0.717) is 0 Å². The fourth-order valence-electron chi connectivity index (χ4n) is 1.95. The Hall–Kier alpha value is -2.35. The minimum Gasteiger partial charge on any atom is -0.360 e. The number of halogens is 1. The molecule has 0 saturated carbocycles.